The van der Waals surface area contributed by atoms with Crippen molar-refractivity contribution in [2.24, 2.45) is 0 Å². The summed E-state index contributed by atoms with van der Waals surface area (Å²) >= 11 is 0. The molecule has 0 fully saturated rings. The number of aliphatic hydroxyl groups excluding tert-OH is 1. The Bertz CT molecular complexity index is 1430. The number of pyridine rings is 1. The van der Waals surface area contributed by atoms with Crippen LogP contribution in [0.3, 0.4) is 0 Å². The summed E-state index contributed by atoms with van der Waals surface area (Å²) in [4.78, 5) is 31.4. The number of aromatic nitrogens is 5. The van der Waals surface area contributed by atoms with Gasteiger partial charge >= 0.3 is 6.09 Å². The number of fused-ring (bicyclic) bond motifs is 3. The van der Waals surface area contributed by atoms with E-state index in [1.54, 1.807) is 34.0 Å². The number of aliphatic hydroxyl groups is 1. The molecule has 5 rings (SSSR count). The molecule has 188 valence electrons. The molecule has 0 bridgehead atoms. The molecule has 4 heterocycles. The lowest BCUT2D eigenvalue weighted by Gasteiger charge is -2.34. The molecule has 0 saturated heterocycles. The highest BCUT2D eigenvalue weighted by molar-refractivity contribution is 5.95. The van der Waals surface area contributed by atoms with E-state index in [0.29, 0.717) is 18.8 Å². The molecule has 3 N–H and O–H groups in total. The smallest absolute Gasteiger partial charge is 0.414 e. The van der Waals surface area contributed by atoms with Gasteiger partial charge in [0, 0.05) is 42.9 Å². The van der Waals surface area contributed by atoms with E-state index < -0.39 is 12.3 Å². The molecule has 0 aliphatic carbocycles. The number of nitrogens with zero attached hydrogens (tertiary/aromatic N) is 5. The molecule has 4 aromatic rings. The number of ether oxygens (including phenoxy) is 1. The largest absolute Gasteiger partial charge is 0.452 e. The lowest BCUT2D eigenvalue weighted by atomic mass is 9.96. The van der Waals surface area contributed by atoms with Crippen LogP contribution in [0.1, 0.15) is 24.7 Å². The minimum Gasteiger partial charge on any atom is -0.452 e. The Morgan fingerprint density at radius 1 is 1.31 bits per heavy atom. The van der Waals surface area contributed by atoms with Crippen LogP contribution >= 0.6 is 0 Å². The van der Waals surface area contributed by atoms with Gasteiger partial charge in [0.1, 0.15) is 17.9 Å². The van der Waals surface area contributed by atoms with E-state index in [-0.39, 0.29) is 18.1 Å². The van der Waals surface area contributed by atoms with Gasteiger partial charge in [-0.15, -0.1) is 0 Å². The van der Waals surface area contributed by atoms with Gasteiger partial charge in [-0.3, -0.25) is 14.8 Å². The molecular weight excluding hydrogens is 462 g/mol. The molecule has 1 unspecified atom stereocenters. The number of aromatic amines is 1. The number of aryl methyl sites for hydroxylation is 3. The third-order valence-electron chi connectivity index (χ3n) is 6.62. The number of hydrogen-bond donors (Lipinski definition) is 3. The summed E-state index contributed by atoms with van der Waals surface area (Å²) < 4.78 is 8.65. The quantitative estimate of drug-likeness (QED) is 0.339. The number of benzene rings is 1. The summed E-state index contributed by atoms with van der Waals surface area (Å²) in [6, 6.07) is 10.7. The molecule has 2 atom stereocenters. The van der Waals surface area contributed by atoms with Crippen molar-refractivity contribution in [1.29, 1.82) is 0 Å². The van der Waals surface area contributed by atoms with Crippen molar-refractivity contribution >= 4 is 28.6 Å². The number of hydrogen-bond acceptors (Lipinski definition) is 7. The number of anilines is 2. The molecule has 1 aliphatic rings. The Kier molecular flexibility index (Phi) is 6.47. The summed E-state index contributed by atoms with van der Waals surface area (Å²) in [7, 11) is 1.38. The van der Waals surface area contributed by atoms with Crippen LogP contribution < -0.4 is 15.8 Å². The Balaban J connectivity index is 1.55. The number of methoxy groups -OCH3 is 1. The van der Waals surface area contributed by atoms with Crippen molar-refractivity contribution in [2.45, 2.75) is 51.5 Å². The van der Waals surface area contributed by atoms with Crippen LogP contribution in [0.5, 0.6) is 0 Å². The molecule has 1 amide bonds. The summed E-state index contributed by atoms with van der Waals surface area (Å²) in [6.07, 6.45) is 4.08. The van der Waals surface area contributed by atoms with Gasteiger partial charge in [0.05, 0.1) is 36.6 Å². The SMILES string of the molecule is COC(=O)N1c2ccc3c(nc(CCn4ccccc4=O)n3CC(O)Nc3ccn[nH]3)c2CC[C@@H]1C. The fraction of sp³-hybridized carbons (Fsp3) is 0.360. The Hall–Kier alpha value is -4.12. The highest BCUT2D eigenvalue weighted by Gasteiger charge is 2.31. The number of carbonyl (C=O) groups is 1. The predicted molar refractivity (Wildman–Crippen MR) is 135 cm³/mol. The number of rotatable bonds is 7. The van der Waals surface area contributed by atoms with Crippen molar-refractivity contribution in [3.8, 4) is 0 Å². The van der Waals surface area contributed by atoms with Gasteiger partial charge in [0.15, 0.2) is 0 Å². The standard InChI is InChI=1S/C25H29N7O4/c1-16-6-7-17-18(32(16)25(35)36-2)8-9-19-24(17)28-21(11-14-30-13-4-3-5-23(30)34)31(19)15-22(33)27-20-10-12-26-29-20/h3-5,8-10,12-13,16,22,33H,6-7,11,14-15H2,1-2H3,(H2,26,27,29)/t16-,22?/m0/s1. The lowest BCUT2D eigenvalue weighted by Crippen LogP contribution is -2.42. The Morgan fingerprint density at radius 3 is 2.92 bits per heavy atom. The molecule has 1 aliphatic heterocycles. The third-order valence-corrected chi connectivity index (χ3v) is 6.62. The van der Waals surface area contributed by atoms with E-state index in [9.17, 15) is 14.7 Å². The fourth-order valence-electron chi connectivity index (χ4n) is 4.85. The molecule has 0 radical (unpaired) electrons. The first-order valence-corrected chi connectivity index (χ1v) is 11.9. The first-order valence-electron chi connectivity index (χ1n) is 11.9. The zero-order chi connectivity index (χ0) is 25.2. The Labute approximate surface area is 207 Å². The van der Waals surface area contributed by atoms with E-state index >= 15 is 0 Å². The monoisotopic (exact) mass is 491 g/mol. The highest BCUT2D eigenvalue weighted by atomic mass is 16.5. The molecular formula is C25H29N7O4. The van der Waals surface area contributed by atoms with Gasteiger partial charge in [-0.1, -0.05) is 6.07 Å². The lowest BCUT2D eigenvalue weighted by molar-refractivity contribution is 0.175. The van der Waals surface area contributed by atoms with Crippen molar-refractivity contribution < 1.29 is 14.6 Å². The molecule has 11 nitrogen and oxygen atoms in total. The zero-order valence-corrected chi connectivity index (χ0v) is 20.2. The van der Waals surface area contributed by atoms with Gasteiger partial charge in [-0.25, -0.2) is 9.78 Å². The predicted octanol–water partition coefficient (Wildman–Crippen LogP) is 2.50. The second-order valence-corrected chi connectivity index (χ2v) is 8.91. The molecule has 0 saturated carbocycles. The van der Waals surface area contributed by atoms with Crippen molar-refractivity contribution in [3.05, 3.63) is 70.5 Å². The number of nitrogens with one attached hydrogen (secondary N) is 2. The molecule has 0 spiro atoms. The van der Waals surface area contributed by atoms with Gasteiger partial charge in [-0.05, 0) is 38.0 Å². The highest BCUT2D eigenvalue weighted by Crippen LogP contribution is 2.36. The van der Waals surface area contributed by atoms with Crippen molar-refractivity contribution in [2.75, 3.05) is 17.3 Å². The van der Waals surface area contributed by atoms with Crippen molar-refractivity contribution in [3.63, 3.8) is 0 Å². The third kappa shape index (κ3) is 4.44. The number of carbonyl (C=O) groups excluding carboxylic acids is 1. The first-order chi connectivity index (χ1) is 17.5. The maximum atomic E-state index is 12.5. The zero-order valence-electron chi connectivity index (χ0n) is 20.2. The Morgan fingerprint density at radius 2 is 2.17 bits per heavy atom. The van der Waals surface area contributed by atoms with Crippen LogP contribution in [0.4, 0.5) is 16.3 Å². The first kappa shape index (κ1) is 23.6. The van der Waals surface area contributed by atoms with Crippen LogP contribution in [0, 0.1) is 0 Å². The van der Waals surface area contributed by atoms with Crippen LogP contribution in [0.25, 0.3) is 11.0 Å². The summed E-state index contributed by atoms with van der Waals surface area (Å²) in [5, 5.41) is 20.5. The van der Waals surface area contributed by atoms with E-state index in [0.717, 1.165) is 41.0 Å². The number of amides is 1. The summed E-state index contributed by atoms with van der Waals surface area (Å²) in [5.41, 5.74) is 3.33. The second-order valence-electron chi connectivity index (χ2n) is 8.91. The van der Waals surface area contributed by atoms with Crippen molar-refractivity contribution in [1.82, 2.24) is 24.3 Å². The van der Waals surface area contributed by atoms with Gasteiger partial charge in [-0.2, -0.15) is 5.10 Å². The average molecular weight is 492 g/mol. The van der Waals surface area contributed by atoms with Gasteiger partial charge in [0.25, 0.3) is 5.56 Å². The van der Waals surface area contributed by atoms with Gasteiger partial charge < -0.3 is 24.3 Å². The number of imidazole rings is 1. The van der Waals surface area contributed by atoms with E-state index in [1.165, 1.54) is 13.2 Å². The summed E-state index contributed by atoms with van der Waals surface area (Å²) in [6.45, 7) is 2.67. The van der Waals surface area contributed by atoms with E-state index in [2.05, 4.69) is 15.5 Å². The molecule has 36 heavy (non-hydrogen) atoms. The topological polar surface area (TPSA) is 130 Å². The normalized spacial score (nSPS) is 16.1. The van der Waals surface area contributed by atoms with Crippen LogP contribution in [-0.4, -0.2) is 54.9 Å². The van der Waals surface area contributed by atoms with Crippen LogP contribution in [0.2, 0.25) is 0 Å². The fourth-order valence-corrected chi connectivity index (χ4v) is 4.85. The van der Waals surface area contributed by atoms with Crippen LogP contribution in [-0.2, 0) is 30.7 Å². The molecule has 1 aromatic carbocycles. The maximum absolute atomic E-state index is 12.5. The molecule has 11 heteroatoms. The number of H-pyrrole nitrogens is 1. The summed E-state index contributed by atoms with van der Waals surface area (Å²) in [5.74, 6) is 1.34. The second kappa shape index (κ2) is 9.86. The minimum absolute atomic E-state index is 0.00865. The van der Waals surface area contributed by atoms with Crippen LogP contribution in [0.15, 0.2) is 53.6 Å². The maximum Gasteiger partial charge on any atom is 0.414 e. The minimum atomic E-state index is -0.913. The van der Waals surface area contributed by atoms with Gasteiger partial charge in [0.2, 0.25) is 0 Å². The van der Waals surface area contributed by atoms with E-state index in [1.807, 2.05) is 29.7 Å². The molecule has 3 aromatic heterocycles. The average Bonchev–Trinajstić information content (AvgIpc) is 3.50. The van der Waals surface area contributed by atoms with E-state index in [4.69, 9.17) is 9.72 Å².